The van der Waals surface area contributed by atoms with Gasteiger partial charge < -0.3 is 15.5 Å². The molecule has 0 saturated carbocycles. The van der Waals surface area contributed by atoms with Gasteiger partial charge in [0.25, 0.3) is 0 Å². The van der Waals surface area contributed by atoms with Crippen LogP contribution in [-0.2, 0) is 0 Å². The molecule has 3 nitrogen and oxygen atoms in total. The Hall–Kier alpha value is -0.120. The SMILES string of the molecule is CCCN1CCCN(CCCCN)CC1. The second kappa shape index (κ2) is 8.08. The minimum Gasteiger partial charge on any atom is -0.330 e. The summed E-state index contributed by atoms with van der Waals surface area (Å²) in [6.45, 7) is 10.7. The van der Waals surface area contributed by atoms with Gasteiger partial charge in [0.1, 0.15) is 0 Å². The first-order chi connectivity index (χ1) is 7.36. The molecule has 0 aromatic carbocycles. The number of unbranched alkanes of at least 4 members (excludes halogenated alkanes) is 1. The first-order valence-corrected chi connectivity index (χ1v) is 6.51. The average Bonchev–Trinajstić information content (AvgIpc) is 2.45. The molecule has 2 N–H and O–H groups in total. The van der Waals surface area contributed by atoms with E-state index in [9.17, 15) is 0 Å². The standard InChI is InChI=1S/C12H27N3/c1-2-7-14-9-5-10-15(12-11-14)8-4-3-6-13/h2-13H2,1H3. The Morgan fingerprint density at radius 3 is 2.20 bits per heavy atom. The third kappa shape index (κ3) is 5.50. The summed E-state index contributed by atoms with van der Waals surface area (Å²) in [6, 6.07) is 0. The minimum absolute atomic E-state index is 0.843. The number of rotatable bonds is 6. The molecule has 0 radical (unpaired) electrons. The molecule has 15 heavy (non-hydrogen) atoms. The lowest BCUT2D eigenvalue weighted by Crippen LogP contribution is -2.31. The number of hydrogen-bond donors (Lipinski definition) is 1. The molecule has 0 atom stereocenters. The van der Waals surface area contributed by atoms with Crippen molar-refractivity contribution in [1.82, 2.24) is 9.80 Å². The van der Waals surface area contributed by atoms with Crippen molar-refractivity contribution in [2.24, 2.45) is 5.73 Å². The summed E-state index contributed by atoms with van der Waals surface area (Å²) in [7, 11) is 0. The second-order valence-corrected chi connectivity index (χ2v) is 4.53. The minimum atomic E-state index is 0.843. The molecule has 1 rings (SSSR count). The van der Waals surface area contributed by atoms with Gasteiger partial charge in [-0.25, -0.2) is 0 Å². The zero-order chi connectivity index (χ0) is 10.9. The molecule has 0 bridgehead atoms. The van der Waals surface area contributed by atoms with E-state index in [-0.39, 0.29) is 0 Å². The van der Waals surface area contributed by atoms with Crippen molar-refractivity contribution in [1.29, 1.82) is 0 Å². The topological polar surface area (TPSA) is 32.5 Å². The number of nitrogens with zero attached hydrogens (tertiary/aromatic N) is 2. The maximum Gasteiger partial charge on any atom is 0.0109 e. The van der Waals surface area contributed by atoms with Crippen LogP contribution in [0.25, 0.3) is 0 Å². The predicted molar refractivity (Wildman–Crippen MR) is 66.1 cm³/mol. The lowest BCUT2D eigenvalue weighted by molar-refractivity contribution is 0.254. The van der Waals surface area contributed by atoms with Crippen LogP contribution < -0.4 is 5.73 Å². The molecule has 1 aliphatic heterocycles. The highest BCUT2D eigenvalue weighted by Crippen LogP contribution is 2.04. The Labute approximate surface area is 94.6 Å². The second-order valence-electron chi connectivity index (χ2n) is 4.53. The summed E-state index contributed by atoms with van der Waals surface area (Å²) in [6.07, 6.45) is 5.06. The van der Waals surface area contributed by atoms with Crippen LogP contribution in [0.4, 0.5) is 0 Å². The molecule has 0 spiro atoms. The molecule has 3 heteroatoms. The van der Waals surface area contributed by atoms with Gasteiger partial charge in [-0.1, -0.05) is 6.92 Å². The fraction of sp³-hybridized carbons (Fsp3) is 1.00. The smallest absolute Gasteiger partial charge is 0.0109 e. The summed E-state index contributed by atoms with van der Waals surface area (Å²) >= 11 is 0. The van der Waals surface area contributed by atoms with Gasteiger partial charge >= 0.3 is 0 Å². The van der Waals surface area contributed by atoms with Crippen LogP contribution in [-0.4, -0.2) is 55.6 Å². The summed E-state index contributed by atoms with van der Waals surface area (Å²) in [5.41, 5.74) is 5.51. The van der Waals surface area contributed by atoms with E-state index in [1.165, 1.54) is 65.0 Å². The monoisotopic (exact) mass is 213 g/mol. The van der Waals surface area contributed by atoms with Gasteiger partial charge in [0, 0.05) is 13.1 Å². The van der Waals surface area contributed by atoms with Gasteiger partial charge in [-0.2, -0.15) is 0 Å². The maximum atomic E-state index is 5.51. The Morgan fingerprint density at radius 1 is 0.933 bits per heavy atom. The highest BCUT2D eigenvalue weighted by molar-refractivity contribution is 4.69. The molecule has 1 fully saturated rings. The lowest BCUT2D eigenvalue weighted by atomic mass is 10.3. The van der Waals surface area contributed by atoms with E-state index < -0.39 is 0 Å². The predicted octanol–water partition coefficient (Wildman–Crippen LogP) is 1.14. The van der Waals surface area contributed by atoms with Crippen LogP contribution in [0.5, 0.6) is 0 Å². The van der Waals surface area contributed by atoms with Crippen LogP contribution >= 0.6 is 0 Å². The molecule has 1 saturated heterocycles. The van der Waals surface area contributed by atoms with Crippen molar-refractivity contribution in [3.05, 3.63) is 0 Å². The quantitative estimate of drug-likeness (QED) is 0.672. The van der Waals surface area contributed by atoms with E-state index in [0.717, 1.165) is 6.54 Å². The van der Waals surface area contributed by atoms with E-state index in [2.05, 4.69) is 16.7 Å². The maximum absolute atomic E-state index is 5.51. The van der Waals surface area contributed by atoms with E-state index in [0.29, 0.717) is 0 Å². The van der Waals surface area contributed by atoms with Crippen molar-refractivity contribution in [2.45, 2.75) is 32.6 Å². The molecule has 0 unspecified atom stereocenters. The zero-order valence-electron chi connectivity index (χ0n) is 10.2. The van der Waals surface area contributed by atoms with E-state index in [4.69, 9.17) is 5.73 Å². The molecular weight excluding hydrogens is 186 g/mol. The Balaban J connectivity index is 2.14. The number of hydrogen-bond acceptors (Lipinski definition) is 3. The van der Waals surface area contributed by atoms with Crippen LogP contribution in [0, 0.1) is 0 Å². The van der Waals surface area contributed by atoms with Crippen molar-refractivity contribution in [3.8, 4) is 0 Å². The molecular formula is C12H27N3. The number of nitrogens with two attached hydrogens (primary N) is 1. The third-order valence-electron chi connectivity index (χ3n) is 3.15. The van der Waals surface area contributed by atoms with Crippen molar-refractivity contribution < 1.29 is 0 Å². The molecule has 90 valence electrons. The normalized spacial score (nSPS) is 20.4. The van der Waals surface area contributed by atoms with Crippen molar-refractivity contribution in [3.63, 3.8) is 0 Å². The summed E-state index contributed by atoms with van der Waals surface area (Å²) in [5, 5.41) is 0. The Morgan fingerprint density at radius 2 is 1.60 bits per heavy atom. The van der Waals surface area contributed by atoms with Gasteiger partial charge in [0.15, 0.2) is 0 Å². The van der Waals surface area contributed by atoms with Gasteiger partial charge in [0.05, 0.1) is 0 Å². The first-order valence-electron chi connectivity index (χ1n) is 6.51. The Kier molecular flexibility index (Phi) is 6.98. The van der Waals surface area contributed by atoms with Crippen LogP contribution in [0.2, 0.25) is 0 Å². The average molecular weight is 213 g/mol. The van der Waals surface area contributed by atoms with Gasteiger partial charge in [0.2, 0.25) is 0 Å². The molecule has 1 aliphatic rings. The van der Waals surface area contributed by atoms with Gasteiger partial charge in [-0.05, 0) is 58.4 Å². The van der Waals surface area contributed by atoms with E-state index >= 15 is 0 Å². The van der Waals surface area contributed by atoms with Gasteiger partial charge in [-0.3, -0.25) is 0 Å². The molecule has 0 aromatic heterocycles. The van der Waals surface area contributed by atoms with Crippen LogP contribution in [0.15, 0.2) is 0 Å². The summed E-state index contributed by atoms with van der Waals surface area (Å²) in [4.78, 5) is 5.20. The van der Waals surface area contributed by atoms with Crippen molar-refractivity contribution >= 4 is 0 Å². The van der Waals surface area contributed by atoms with E-state index in [1.807, 2.05) is 0 Å². The Bertz CT molecular complexity index is 150. The fourth-order valence-electron chi connectivity index (χ4n) is 2.27. The summed E-state index contributed by atoms with van der Waals surface area (Å²) < 4.78 is 0. The van der Waals surface area contributed by atoms with Crippen LogP contribution in [0.1, 0.15) is 32.6 Å². The molecule has 0 aliphatic carbocycles. The largest absolute Gasteiger partial charge is 0.330 e. The molecule has 0 amide bonds. The highest BCUT2D eigenvalue weighted by Gasteiger charge is 2.13. The zero-order valence-corrected chi connectivity index (χ0v) is 10.2. The first kappa shape index (κ1) is 12.9. The van der Waals surface area contributed by atoms with E-state index in [1.54, 1.807) is 0 Å². The van der Waals surface area contributed by atoms with Crippen molar-refractivity contribution in [2.75, 3.05) is 45.8 Å². The fourth-order valence-corrected chi connectivity index (χ4v) is 2.27. The molecule has 0 aromatic rings. The third-order valence-corrected chi connectivity index (χ3v) is 3.15. The highest BCUT2D eigenvalue weighted by atomic mass is 15.2. The summed E-state index contributed by atoms with van der Waals surface area (Å²) in [5.74, 6) is 0. The molecule has 1 heterocycles. The lowest BCUT2D eigenvalue weighted by Gasteiger charge is -2.21. The van der Waals surface area contributed by atoms with Crippen LogP contribution in [0.3, 0.4) is 0 Å². The van der Waals surface area contributed by atoms with Gasteiger partial charge in [-0.15, -0.1) is 0 Å².